The molecule has 5 heteroatoms. The van der Waals surface area contributed by atoms with Crippen LogP contribution in [0.5, 0.6) is 0 Å². The highest BCUT2D eigenvalue weighted by Crippen LogP contribution is 2.24. The van der Waals surface area contributed by atoms with E-state index < -0.39 is 6.10 Å². The van der Waals surface area contributed by atoms with E-state index in [-0.39, 0.29) is 0 Å². The molecule has 1 heterocycles. The lowest BCUT2D eigenvalue weighted by atomic mass is 10.1. The van der Waals surface area contributed by atoms with Crippen molar-refractivity contribution in [1.29, 1.82) is 0 Å². The standard InChI is InChI=1S/C15H26N2O2S/c1-11-4-3-5-14(11)16-8-13(18)9-19-7-6-15-12(2)17-10-20-15/h10-11,13-14,16,18H,3-9H2,1-2H3. The van der Waals surface area contributed by atoms with E-state index in [1.54, 1.807) is 11.3 Å². The van der Waals surface area contributed by atoms with Gasteiger partial charge in [-0.15, -0.1) is 11.3 Å². The summed E-state index contributed by atoms with van der Waals surface area (Å²) in [5, 5.41) is 13.4. The largest absolute Gasteiger partial charge is 0.389 e. The molecule has 3 atom stereocenters. The molecule has 1 aromatic heterocycles. The molecule has 0 aliphatic heterocycles. The van der Waals surface area contributed by atoms with Gasteiger partial charge in [0.2, 0.25) is 0 Å². The van der Waals surface area contributed by atoms with Gasteiger partial charge in [0.05, 0.1) is 30.5 Å². The second kappa shape index (κ2) is 8.08. The second-order valence-electron chi connectivity index (χ2n) is 5.76. The number of thiazole rings is 1. The summed E-state index contributed by atoms with van der Waals surface area (Å²) in [6, 6.07) is 0.574. The molecule has 1 aromatic rings. The topological polar surface area (TPSA) is 54.4 Å². The molecule has 2 N–H and O–H groups in total. The highest BCUT2D eigenvalue weighted by atomic mass is 32.1. The predicted molar refractivity (Wildman–Crippen MR) is 82.2 cm³/mol. The number of hydrogen-bond acceptors (Lipinski definition) is 5. The zero-order valence-electron chi connectivity index (χ0n) is 12.5. The van der Waals surface area contributed by atoms with Gasteiger partial charge < -0.3 is 15.2 Å². The summed E-state index contributed by atoms with van der Waals surface area (Å²) in [5.41, 5.74) is 2.96. The third-order valence-corrected chi connectivity index (χ3v) is 5.10. The molecule has 20 heavy (non-hydrogen) atoms. The Hall–Kier alpha value is -0.490. The summed E-state index contributed by atoms with van der Waals surface area (Å²) in [5.74, 6) is 0.734. The van der Waals surface area contributed by atoms with E-state index in [0.29, 0.717) is 25.8 Å². The molecule has 0 bridgehead atoms. The second-order valence-corrected chi connectivity index (χ2v) is 6.70. The number of aryl methyl sites for hydroxylation is 1. The molecule has 2 rings (SSSR count). The average Bonchev–Trinajstić information content (AvgIpc) is 3.01. The zero-order chi connectivity index (χ0) is 14.4. The monoisotopic (exact) mass is 298 g/mol. The summed E-state index contributed by atoms with van der Waals surface area (Å²) >= 11 is 1.67. The quantitative estimate of drug-likeness (QED) is 0.722. The molecule has 3 unspecified atom stereocenters. The summed E-state index contributed by atoms with van der Waals surface area (Å²) in [7, 11) is 0. The first-order valence-electron chi connectivity index (χ1n) is 7.55. The van der Waals surface area contributed by atoms with Crippen LogP contribution in [0.25, 0.3) is 0 Å². The number of aliphatic hydroxyl groups is 1. The van der Waals surface area contributed by atoms with E-state index in [4.69, 9.17) is 4.74 Å². The highest BCUT2D eigenvalue weighted by Gasteiger charge is 2.23. The van der Waals surface area contributed by atoms with E-state index >= 15 is 0 Å². The fraction of sp³-hybridized carbons (Fsp3) is 0.800. The van der Waals surface area contributed by atoms with Crippen molar-refractivity contribution in [2.75, 3.05) is 19.8 Å². The number of ether oxygens (including phenoxy) is 1. The summed E-state index contributed by atoms with van der Waals surface area (Å²) < 4.78 is 5.55. The molecule has 0 saturated heterocycles. The van der Waals surface area contributed by atoms with Crippen molar-refractivity contribution in [3.8, 4) is 0 Å². The number of aromatic nitrogens is 1. The summed E-state index contributed by atoms with van der Waals surface area (Å²) in [4.78, 5) is 5.49. The maximum absolute atomic E-state index is 9.91. The average molecular weight is 298 g/mol. The number of nitrogens with one attached hydrogen (secondary N) is 1. The van der Waals surface area contributed by atoms with Crippen LogP contribution in [-0.2, 0) is 11.2 Å². The number of aliphatic hydroxyl groups excluding tert-OH is 1. The van der Waals surface area contributed by atoms with Crippen LogP contribution >= 0.6 is 11.3 Å². The van der Waals surface area contributed by atoms with Crippen LogP contribution in [-0.4, -0.2) is 42.0 Å². The highest BCUT2D eigenvalue weighted by molar-refractivity contribution is 7.09. The molecular formula is C15H26N2O2S. The van der Waals surface area contributed by atoms with Crippen LogP contribution in [0.3, 0.4) is 0 Å². The van der Waals surface area contributed by atoms with E-state index in [0.717, 1.165) is 18.0 Å². The molecule has 1 aliphatic rings. The fourth-order valence-corrected chi connectivity index (χ4v) is 3.51. The Morgan fingerprint density at radius 1 is 1.55 bits per heavy atom. The van der Waals surface area contributed by atoms with Gasteiger partial charge in [0.1, 0.15) is 0 Å². The van der Waals surface area contributed by atoms with Crippen LogP contribution in [0, 0.1) is 12.8 Å². The van der Waals surface area contributed by atoms with E-state index in [2.05, 4.69) is 17.2 Å². The van der Waals surface area contributed by atoms with Crippen LogP contribution in [0.2, 0.25) is 0 Å². The van der Waals surface area contributed by atoms with Crippen LogP contribution in [0.15, 0.2) is 5.51 Å². The molecule has 114 valence electrons. The third kappa shape index (κ3) is 4.81. The summed E-state index contributed by atoms with van der Waals surface area (Å²) in [6.07, 6.45) is 4.32. The van der Waals surface area contributed by atoms with Crippen LogP contribution < -0.4 is 5.32 Å². The minimum atomic E-state index is -0.412. The van der Waals surface area contributed by atoms with Gasteiger partial charge in [-0.1, -0.05) is 13.3 Å². The van der Waals surface area contributed by atoms with Gasteiger partial charge in [-0.2, -0.15) is 0 Å². The minimum absolute atomic E-state index is 0.409. The number of hydrogen-bond donors (Lipinski definition) is 2. The van der Waals surface area contributed by atoms with Crippen LogP contribution in [0.4, 0.5) is 0 Å². The van der Waals surface area contributed by atoms with Gasteiger partial charge in [0.15, 0.2) is 0 Å². The van der Waals surface area contributed by atoms with Gasteiger partial charge in [-0.3, -0.25) is 0 Å². The van der Waals surface area contributed by atoms with Crippen molar-refractivity contribution < 1.29 is 9.84 Å². The van der Waals surface area contributed by atoms with Gasteiger partial charge in [0.25, 0.3) is 0 Å². The molecule has 4 nitrogen and oxygen atoms in total. The van der Waals surface area contributed by atoms with Crippen molar-refractivity contribution >= 4 is 11.3 Å². The zero-order valence-corrected chi connectivity index (χ0v) is 13.3. The van der Waals surface area contributed by atoms with Gasteiger partial charge in [0, 0.05) is 23.9 Å². The minimum Gasteiger partial charge on any atom is -0.389 e. The van der Waals surface area contributed by atoms with Crippen molar-refractivity contribution in [3.05, 3.63) is 16.1 Å². The Kier molecular flexibility index (Phi) is 6.42. The van der Waals surface area contributed by atoms with Crippen LogP contribution in [0.1, 0.15) is 36.8 Å². The lowest BCUT2D eigenvalue weighted by Gasteiger charge is -2.19. The maximum Gasteiger partial charge on any atom is 0.0897 e. The molecule has 1 saturated carbocycles. The first-order valence-corrected chi connectivity index (χ1v) is 8.43. The summed E-state index contributed by atoms with van der Waals surface area (Å²) in [6.45, 7) is 6.00. The van der Waals surface area contributed by atoms with Crippen molar-refractivity contribution in [2.45, 2.75) is 51.7 Å². The van der Waals surface area contributed by atoms with Gasteiger partial charge >= 0.3 is 0 Å². The van der Waals surface area contributed by atoms with E-state index in [1.807, 2.05) is 12.4 Å². The first-order chi connectivity index (χ1) is 9.66. The Morgan fingerprint density at radius 3 is 3.05 bits per heavy atom. The fourth-order valence-electron chi connectivity index (χ4n) is 2.75. The maximum atomic E-state index is 9.91. The molecule has 1 aliphatic carbocycles. The van der Waals surface area contributed by atoms with E-state index in [1.165, 1.54) is 24.1 Å². The van der Waals surface area contributed by atoms with Crippen molar-refractivity contribution in [3.63, 3.8) is 0 Å². The number of rotatable bonds is 8. The Morgan fingerprint density at radius 2 is 2.40 bits per heavy atom. The molecule has 1 fully saturated rings. The van der Waals surface area contributed by atoms with Crippen molar-refractivity contribution in [2.24, 2.45) is 5.92 Å². The van der Waals surface area contributed by atoms with Gasteiger partial charge in [-0.25, -0.2) is 4.98 Å². The smallest absolute Gasteiger partial charge is 0.0897 e. The lowest BCUT2D eigenvalue weighted by molar-refractivity contribution is 0.0366. The number of nitrogens with zero attached hydrogens (tertiary/aromatic N) is 1. The normalized spacial score (nSPS) is 24.1. The molecule has 0 amide bonds. The first kappa shape index (κ1) is 15.9. The third-order valence-electron chi connectivity index (χ3n) is 4.11. The van der Waals surface area contributed by atoms with Gasteiger partial charge in [-0.05, 0) is 25.7 Å². The SMILES string of the molecule is Cc1ncsc1CCOCC(O)CNC1CCCC1C. The lowest BCUT2D eigenvalue weighted by Crippen LogP contribution is -2.38. The Bertz CT molecular complexity index is 397. The van der Waals surface area contributed by atoms with Crippen molar-refractivity contribution in [1.82, 2.24) is 10.3 Å². The molecule has 0 radical (unpaired) electrons. The Balaban J connectivity index is 1.54. The Labute approximate surface area is 125 Å². The van der Waals surface area contributed by atoms with E-state index in [9.17, 15) is 5.11 Å². The molecule has 0 aromatic carbocycles. The predicted octanol–water partition coefficient (Wildman–Crippen LogP) is 2.15. The molecule has 0 spiro atoms. The molecular weight excluding hydrogens is 272 g/mol.